The molecule has 0 radical (unpaired) electrons. The van der Waals surface area contributed by atoms with Crippen LogP contribution < -0.4 is 68.0 Å². The van der Waals surface area contributed by atoms with Crippen molar-refractivity contribution in [1.82, 2.24) is 4.72 Å². The van der Waals surface area contributed by atoms with Crippen molar-refractivity contribution in [3.8, 4) is 0 Å². The summed E-state index contributed by atoms with van der Waals surface area (Å²) in [6, 6.07) is 12.1. The Hall–Kier alpha value is -0.995. The van der Waals surface area contributed by atoms with Crippen LogP contribution >= 0.6 is 0 Å². The number of benzene rings is 2. The number of carbonyl (C=O) groups is 1. The number of sulfonamides is 2. The van der Waals surface area contributed by atoms with Crippen molar-refractivity contribution in [2.24, 2.45) is 4.40 Å². The summed E-state index contributed by atoms with van der Waals surface area (Å²) in [7, 11) is -7.23. The van der Waals surface area contributed by atoms with Gasteiger partial charge in [0.15, 0.2) is 0 Å². The van der Waals surface area contributed by atoms with E-state index in [0.29, 0.717) is 0 Å². The Morgan fingerprint density at radius 3 is 1.85 bits per heavy atom. The minimum atomic E-state index is -3.68. The first kappa shape index (κ1) is 24.0. The van der Waals surface area contributed by atoms with E-state index in [9.17, 15) is 26.7 Å². The van der Waals surface area contributed by atoms with Gasteiger partial charge in [-0.2, -0.15) is 12.8 Å². The van der Waals surface area contributed by atoms with Crippen LogP contribution in [0.2, 0.25) is 0 Å². The molecular formula is C14H11N2O8RbS2. The fourth-order valence-corrected chi connectivity index (χ4v) is 4.47. The zero-order valence-corrected chi connectivity index (χ0v) is 20.3. The fourth-order valence-electron chi connectivity index (χ4n) is 2.20. The smallest absolute Gasteiger partial charge is 0.858 e. The van der Waals surface area contributed by atoms with E-state index in [1.807, 2.05) is 4.72 Å². The number of hydrogen-bond acceptors (Lipinski definition) is 8. The zero-order valence-electron chi connectivity index (χ0n) is 13.7. The summed E-state index contributed by atoms with van der Waals surface area (Å²) in [5.41, 5.74) is 0.384. The topological polar surface area (TPSA) is 173 Å². The second-order valence-electron chi connectivity index (χ2n) is 4.80. The molecule has 2 aliphatic rings. The van der Waals surface area contributed by atoms with Gasteiger partial charge in [-0.3, -0.25) is 15.3 Å². The van der Waals surface area contributed by atoms with Crippen LogP contribution in [0, 0.1) is 0 Å². The Morgan fingerprint density at radius 2 is 1.33 bits per heavy atom. The van der Waals surface area contributed by atoms with Crippen molar-refractivity contribution in [3.63, 3.8) is 0 Å². The van der Waals surface area contributed by atoms with Crippen LogP contribution in [0.3, 0.4) is 0 Å². The molecule has 3 N–H and O–H groups in total. The number of nitrogens with one attached hydrogen (secondary N) is 1. The molecule has 0 aromatic heterocycles. The second kappa shape index (κ2) is 9.47. The van der Waals surface area contributed by atoms with Crippen molar-refractivity contribution < 1.29 is 95.4 Å². The molecule has 0 saturated heterocycles. The first-order valence-corrected chi connectivity index (χ1v) is 9.62. The summed E-state index contributed by atoms with van der Waals surface area (Å²) in [5, 5.41) is 22.9. The maximum Gasteiger partial charge on any atom is 1.00 e. The van der Waals surface area contributed by atoms with Crippen molar-refractivity contribution in [1.29, 1.82) is 0 Å². The molecule has 13 heteroatoms. The van der Waals surface area contributed by atoms with Crippen molar-refractivity contribution >= 4 is 31.9 Å². The third-order valence-corrected chi connectivity index (χ3v) is 5.95. The van der Waals surface area contributed by atoms with E-state index >= 15 is 0 Å². The molecule has 0 aliphatic carbocycles. The number of rotatable bonds is 0. The van der Waals surface area contributed by atoms with Gasteiger partial charge in [0.1, 0.15) is 4.90 Å². The summed E-state index contributed by atoms with van der Waals surface area (Å²) in [5.74, 6) is -1.23. The van der Waals surface area contributed by atoms with Crippen LogP contribution in [0.1, 0.15) is 15.9 Å². The molecule has 10 nitrogen and oxygen atoms in total. The number of nitrogens with zero attached hydrogens (tertiary/aromatic N) is 1. The molecule has 0 unspecified atom stereocenters. The van der Waals surface area contributed by atoms with Gasteiger partial charge in [-0.25, -0.2) is 13.1 Å². The van der Waals surface area contributed by atoms with Gasteiger partial charge in [-0.15, -0.1) is 0 Å². The van der Waals surface area contributed by atoms with Gasteiger partial charge < -0.3 is 5.11 Å². The largest absolute Gasteiger partial charge is 1.00 e. The van der Waals surface area contributed by atoms with E-state index in [1.165, 1.54) is 24.3 Å². The van der Waals surface area contributed by atoms with Gasteiger partial charge in [-0.1, -0.05) is 30.3 Å². The Bertz CT molecular complexity index is 1090. The van der Waals surface area contributed by atoms with Gasteiger partial charge in [-0.05, 0) is 18.2 Å². The van der Waals surface area contributed by atoms with Gasteiger partial charge in [0.25, 0.3) is 26.0 Å². The Balaban J connectivity index is 0.000000239. The maximum atomic E-state index is 11.1. The molecule has 0 saturated carbocycles. The van der Waals surface area contributed by atoms with E-state index in [0.717, 1.165) is 0 Å². The van der Waals surface area contributed by atoms with Crippen LogP contribution in [-0.4, -0.2) is 39.2 Å². The molecule has 0 bridgehead atoms. The minimum absolute atomic E-state index is 0. The normalized spacial score (nSPS) is 16.7. The molecule has 2 aromatic carbocycles. The molecule has 0 atom stereocenters. The SMILES string of the molecule is O=C1NS(=O)(=O)c2ccccc21.O=S1(=O)N=C([O-])c2ccccc21.OO.[Rb+]. The third kappa shape index (κ3) is 5.09. The number of fused-ring (bicyclic) bond motifs is 2. The predicted molar refractivity (Wildman–Crippen MR) is 86.5 cm³/mol. The van der Waals surface area contributed by atoms with Gasteiger partial charge >= 0.3 is 58.2 Å². The average Bonchev–Trinajstić information content (AvgIpc) is 3.00. The Morgan fingerprint density at radius 1 is 0.852 bits per heavy atom. The van der Waals surface area contributed by atoms with Crippen molar-refractivity contribution in [2.75, 3.05) is 0 Å². The molecule has 27 heavy (non-hydrogen) atoms. The quantitative estimate of drug-likeness (QED) is 0.257. The van der Waals surface area contributed by atoms with Crippen LogP contribution in [-0.2, 0) is 20.0 Å². The monoisotopic (exact) mass is 484 g/mol. The van der Waals surface area contributed by atoms with E-state index in [-0.39, 0.29) is 79.1 Å². The van der Waals surface area contributed by atoms with E-state index in [2.05, 4.69) is 4.40 Å². The Labute approximate surface area is 203 Å². The fraction of sp³-hybridized carbons (Fsp3) is 0. The molecule has 1 amide bonds. The molecule has 4 rings (SSSR count). The van der Waals surface area contributed by atoms with Gasteiger partial charge in [0.05, 0.1) is 10.5 Å². The third-order valence-electron chi connectivity index (χ3n) is 3.25. The zero-order chi connectivity index (χ0) is 19.5. The van der Waals surface area contributed by atoms with Crippen LogP contribution in [0.4, 0.5) is 0 Å². The van der Waals surface area contributed by atoms with Crippen LogP contribution in [0.15, 0.2) is 62.7 Å². The maximum absolute atomic E-state index is 11.1. The first-order valence-electron chi connectivity index (χ1n) is 6.70. The summed E-state index contributed by atoms with van der Waals surface area (Å²) in [6.07, 6.45) is 0. The van der Waals surface area contributed by atoms with Crippen LogP contribution in [0.5, 0.6) is 0 Å². The Kier molecular flexibility index (Phi) is 8.43. The molecular weight excluding hydrogens is 474 g/mol. The number of amides is 1. The molecule has 2 aliphatic heterocycles. The summed E-state index contributed by atoms with van der Waals surface area (Å²) in [4.78, 5) is 11.1. The number of carbonyl (C=O) groups excluding carboxylic acids is 1. The summed E-state index contributed by atoms with van der Waals surface area (Å²) < 4.78 is 49.3. The predicted octanol–water partition coefficient (Wildman–Crippen LogP) is -3.36. The van der Waals surface area contributed by atoms with Crippen molar-refractivity contribution in [3.05, 3.63) is 59.7 Å². The van der Waals surface area contributed by atoms with E-state index < -0.39 is 31.9 Å². The average molecular weight is 485 g/mol. The van der Waals surface area contributed by atoms with Crippen molar-refractivity contribution in [2.45, 2.75) is 9.79 Å². The van der Waals surface area contributed by atoms with Gasteiger partial charge in [0.2, 0.25) is 0 Å². The molecule has 0 spiro atoms. The summed E-state index contributed by atoms with van der Waals surface area (Å²) in [6.45, 7) is 0. The molecule has 2 heterocycles. The summed E-state index contributed by atoms with van der Waals surface area (Å²) >= 11 is 0. The second-order valence-corrected chi connectivity index (χ2v) is 8.02. The van der Waals surface area contributed by atoms with Gasteiger partial charge in [0, 0.05) is 11.5 Å². The van der Waals surface area contributed by atoms with E-state index in [4.69, 9.17) is 10.5 Å². The van der Waals surface area contributed by atoms with E-state index in [1.54, 1.807) is 24.3 Å². The van der Waals surface area contributed by atoms with Crippen LogP contribution in [0.25, 0.3) is 0 Å². The first-order chi connectivity index (χ1) is 12.2. The molecule has 2 aromatic rings. The molecule has 0 fully saturated rings. The minimum Gasteiger partial charge on any atom is -0.858 e. The number of hydrogen-bond donors (Lipinski definition) is 3. The molecule has 138 valence electrons. The standard InChI is InChI=1S/2C7H5NO3S.H2O2.Rb/c2*9-7-5-3-1-2-4-6(5)12(10,11)8-7;1-2;/h2*1-4H,(H,8,9);1-2H;/q;;;+1/p-1.